The third-order valence-electron chi connectivity index (χ3n) is 10.6. The quantitative estimate of drug-likeness (QED) is 0.0270. The molecule has 0 aromatic rings. The van der Waals surface area contributed by atoms with Crippen LogP contribution in [-0.4, -0.2) is 89.6 Å². The largest absolute Gasteiger partial charge is 0.457 e. The minimum absolute atomic E-state index is 0.121. The molecule has 0 saturated carbocycles. The minimum Gasteiger partial charge on any atom is -0.457 e. The molecule has 1 fully saturated rings. The second kappa shape index (κ2) is 42.0. The van der Waals surface area contributed by atoms with Crippen LogP contribution in [0, 0.1) is 0 Å². The van der Waals surface area contributed by atoms with Gasteiger partial charge in [0.25, 0.3) is 0 Å². The van der Waals surface area contributed by atoms with Gasteiger partial charge in [-0.2, -0.15) is 0 Å². The highest BCUT2D eigenvalue weighted by Gasteiger charge is 2.44. The SMILES string of the molecule is CC/C=C\C/C=C\C/C=C\C/C=C\C/C=C\CCCCCCCCCCCC(=O)OC(COCCCCCCCC/C=C\CCCC)COC1OC(CO)C(O)C(O)C1O. The molecular formula is C51H88O9. The molecule has 346 valence electrons. The van der Waals surface area contributed by atoms with E-state index >= 15 is 0 Å². The summed E-state index contributed by atoms with van der Waals surface area (Å²) in [5.74, 6) is -0.325. The molecule has 0 spiro atoms. The second-order valence-electron chi connectivity index (χ2n) is 16.2. The van der Waals surface area contributed by atoms with Crippen LogP contribution in [0.25, 0.3) is 0 Å². The lowest BCUT2D eigenvalue weighted by molar-refractivity contribution is -0.305. The van der Waals surface area contributed by atoms with Gasteiger partial charge in [0.05, 0.1) is 19.8 Å². The molecular weight excluding hydrogens is 757 g/mol. The molecule has 1 rings (SSSR count). The summed E-state index contributed by atoms with van der Waals surface area (Å²) in [5.41, 5.74) is 0. The maximum absolute atomic E-state index is 12.8. The summed E-state index contributed by atoms with van der Waals surface area (Å²) < 4.78 is 22.8. The Labute approximate surface area is 366 Å². The van der Waals surface area contributed by atoms with Gasteiger partial charge in [-0.1, -0.05) is 170 Å². The normalized spacial score (nSPS) is 20.7. The average Bonchev–Trinajstić information content (AvgIpc) is 3.25. The number of allylic oxidation sites excluding steroid dienone is 12. The van der Waals surface area contributed by atoms with Crippen molar-refractivity contribution in [3.05, 3.63) is 72.9 Å². The lowest BCUT2D eigenvalue weighted by Crippen LogP contribution is -2.59. The van der Waals surface area contributed by atoms with Crippen LogP contribution in [0.1, 0.15) is 181 Å². The molecule has 6 unspecified atom stereocenters. The monoisotopic (exact) mass is 845 g/mol. The summed E-state index contributed by atoms with van der Waals surface area (Å²) in [6.45, 7) is 4.38. The first-order valence-electron chi connectivity index (χ1n) is 24.0. The summed E-state index contributed by atoms with van der Waals surface area (Å²) in [6.07, 6.45) is 47.9. The smallest absolute Gasteiger partial charge is 0.306 e. The van der Waals surface area contributed by atoms with Gasteiger partial charge in [-0.3, -0.25) is 4.79 Å². The molecule has 0 amide bonds. The Morgan fingerprint density at radius 1 is 0.550 bits per heavy atom. The van der Waals surface area contributed by atoms with Gasteiger partial charge in [0.1, 0.15) is 30.5 Å². The van der Waals surface area contributed by atoms with E-state index in [1.165, 1.54) is 77.0 Å². The Hall–Kier alpha value is -2.37. The van der Waals surface area contributed by atoms with Crippen LogP contribution in [0.5, 0.6) is 0 Å². The zero-order valence-corrected chi connectivity index (χ0v) is 37.9. The van der Waals surface area contributed by atoms with Crippen LogP contribution in [-0.2, 0) is 23.7 Å². The molecule has 0 bridgehead atoms. The van der Waals surface area contributed by atoms with E-state index in [1.807, 2.05) is 0 Å². The first kappa shape index (κ1) is 55.6. The number of aliphatic hydroxyl groups is 4. The fourth-order valence-electron chi connectivity index (χ4n) is 6.85. The number of aliphatic hydroxyl groups excluding tert-OH is 4. The highest BCUT2D eigenvalue weighted by atomic mass is 16.7. The van der Waals surface area contributed by atoms with Gasteiger partial charge in [-0.05, 0) is 77.0 Å². The van der Waals surface area contributed by atoms with Crippen molar-refractivity contribution in [2.75, 3.05) is 26.4 Å². The molecule has 1 saturated heterocycles. The number of carbonyl (C=O) groups excluding carboxylic acids is 1. The molecule has 9 nitrogen and oxygen atoms in total. The van der Waals surface area contributed by atoms with Crippen molar-refractivity contribution in [3.63, 3.8) is 0 Å². The average molecular weight is 845 g/mol. The molecule has 0 aromatic carbocycles. The Morgan fingerprint density at radius 2 is 1.02 bits per heavy atom. The first-order chi connectivity index (χ1) is 29.4. The fraction of sp³-hybridized carbons (Fsp3) is 0.745. The topological polar surface area (TPSA) is 135 Å². The molecule has 60 heavy (non-hydrogen) atoms. The number of hydrogen-bond acceptors (Lipinski definition) is 9. The van der Waals surface area contributed by atoms with Crippen LogP contribution in [0.4, 0.5) is 0 Å². The van der Waals surface area contributed by atoms with Crippen molar-refractivity contribution in [3.8, 4) is 0 Å². The third-order valence-corrected chi connectivity index (χ3v) is 10.6. The van der Waals surface area contributed by atoms with E-state index in [4.69, 9.17) is 18.9 Å². The van der Waals surface area contributed by atoms with Gasteiger partial charge < -0.3 is 39.4 Å². The Balaban J connectivity index is 2.21. The second-order valence-corrected chi connectivity index (χ2v) is 16.2. The van der Waals surface area contributed by atoms with Crippen LogP contribution < -0.4 is 0 Å². The first-order valence-corrected chi connectivity index (χ1v) is 24.0. The van der Waals surface area contributed by atoms with E-state index in [1.54, 1.807) is 0 Å². The standard InChI is InChI=1S/C51H88O9/c1-3-5-7-9-11-13-15-17-18-19-20-21-22-23-24-25-26-27-28-29-30-32-34-36-38-40-47(53)59-45(44-58-51-50(56)49(55)48(54)46(42-52)60-51)43-57-41-39-37-35-33-31-16-14-12-10-8-6-4-2/h5,7,10-13,17-18,20-21,23-24,45-46,48-52,54-56H,3-4,6,8-9,14-16,19,22,25-44H2,1-2H3/b7-5-,12-10-,13-11-,18-17-,21-20-,24-23-. The van der Waals surface area contributed by atoms with Crippen LogP contribution >= 0.6 is 0 Å². The Kier molecular flexibility index (Phi) is 38.9. The van der Waals surface area contributed by atoms with Gasteiger partial charge in [-0.15, -0.1) is 0 Å². The minimum atomic E-state index is -1.54. The summed E-state index contributed by atoms with van der Waals surface area (Å²) in [7, 11) is 0. The van der Waals surface area contributed by atoms with E-state index in [0.29, 0.717) is 13.0 Å². The Morgan fingerprint density at radius 3 is 1.55 bits per heavy atom. The zero-order valence-electron chi connectivity index (χ0n) is 37.9. The van der Waals surface area contributed by atoms with Gasteiger partial charge in [0, 0.05) is 13.0 Å². The third kappa shape index (κ3) is 32.4. The summed E-state index contributed by atoms with van der Waals surface area (Å²) >= 11 is 0. The number of rotatable bonds is 40. The molecule has 9 heteroatoms. The molecule has 4 N–H and O–H groups in total. The fourth-order valence-corrected chi connectivity index (χ4v) is 6.85. The van der Waals surface area contributed by atoms with E-state index in [-0.39, 0.29) is 19.2 Å². The van der Waals surface area contributed by atoms with Crippen molar-refractivity contribution >= 4 is 5.97 Å². The predicted molar refractivity (Wildman–Crippen MR) is 247 cm³/mol. The lowest BCUT2D eigenvalue weighted by Gasteiger charge is -2.39. The molecule has 1 aliphatic rings. The van der Waals surface area contributed by atoms with Gasteiger partial charge >= 0.3 is 5.97 Å². The van der Waals surface area contributed by atoms with Crippen molar-refractivity contribution in [2.24, 2.45) is 0 Å². The maximum atomic E-state index is 12.8. The molecule has 0 radical (unpaired) electrons. The molecule has 6 atom stereocenters. The Bertz CT molecular complexity index is 1140. The number of carbonyl (C=O) groups is 1. The number of hydrogen-bond donors (Lipinski definition) is 4. The van der Waals surface area contributed by atoms with E-state index in [0.717, 1.165) is 83.5 Å². The highest BCUT2D eigenvalue weighted by molar-refractivity contribution is 5.69. The lowest BCUT2D eigenvalue weighted by atomic mass is 9.99. The van der Waals surface area contributed by atoms with Gasteiger partial charge in [0.15, 0.2) is 6.29 Å². The van der Waals surface area contributed by atoms with Crippen molar-refractivity contribution in [2.45, 2.75) is 218 Å². The molecule has 1 aliphatic heterocycles. The van der Waals surface area contributed by atoms with E-state index in [9.17, 15) is 25.2 Å². The van der Waals surface area contributed by atoms with Crippen molar-refractivity contribution in [1.29, 1.82) is 0 Å². The number of ether oxygens (including phenoxy) is 4. The summed E-state index contributed by atoms with van der Waals surface area (Å²) in [4.78, 5) is 12.8. The highest BCUT2D eigenvalue weighted by Crippen LogP contribution is 2.22. The summed E-state index contributed by atoms with van der Waals surface area (Å²) in [5, 5.41) is 40.1. The zero-order chi connectivity index (χ0) is 43.6. The van der Waals surface area contributed by atoms with Crippen LogP contribution in [0.3, 0.4) is 0 Å². The number of unbranched alkanes of at least 4 members (excludes halogenated alkanes) is 17. The van der Waals surface area contributed by atoms with Crippen LogP contribution in [0.15, 0.2) is 72.9 Å². The molecule has 0 aliphatic carbocycles. The predicted octanol–water partition coefficient (Wildman–Crippen LogP) is 11.3. The number of esters is 1. The van der Waals surface area contributed by atoms with Crippen molar-refractivity contribution in [1.82, 2.24) is 0 Å². The van der Waals surface area contributed by atoms with Gasteiger partial charge in [-0.25, -0.2) is 0 Å². The molecule has 1 heterocycles. The molecule has 0 aromatic heterocycles. The van der Waals surface area contributed by atoms with E-state index in [2.05, 4.69) is 86.8 Å². The van der Waals surface area contributed by atoms with Gasteiger partial charge in [0.2, 0.25) is 0 Å². The van der Waals surface area contributed by atoms with Crippen LogP contribution in [0.2, 0.25) is 0 Å². The maximum Gasteiger partial charge on any atom is 0.306 e. The van der Waals surface area contributed by atoms with Crippen molar-refractivity contribution < 1.29 is 44.2 Å². The summed E-state index contributed by atoms with van der Waals surface area (Å²) in [6, 6.07) is 0. The van der Waals surface area contributed by atoms with E-state index < -0.39 is 43.4 Å².